The lowest BCUT2D eigenvalue weighted by atomic mass is 10.2. The van der Waals surface area contributed by atoms with Gasteiger partial charge in [0.25, 0.3) is 0 Å². The van der Waals surface area contributed by atoms with Crippen molar-refractivity contribution in [2.24, 2.45) is 0 Å². The van der Waals surface area contributed by atoms with Crippen molar-refractivity contribution in [3.63, 3.8) is 0 Å². The summed E-state index contributed by atoms with van der Waals surface area (Å²) in [5, 5.41) is 9.83. The van der Waals surface area contributed by atoms with Crippen molar-refractivity contribution >= 4 is 21.7 Å². The monoisotopic (exact) mass is 273 g/mol. The predicted molar refractivity (Wildman–Crippen MR) is 77.7 cm³/mol. The zero-order chi connectivity index (χ0) is 14.4. The van der Waals surface area contributed by atoms with Gasteiger partial charge in [0.05, 0.1) is 10.8 Å². The van der Waals surface area contributed by atoms with E-state index in [2.05, 4.69) is 12.8 Å². The number of nitrogens with zero attached hydrogens (tertiary/aromatic N) is 2. The van der Waals surface area contributed by atoms with E-state index < -0.39 is 10.8 Å². The molecule has 0 spiro atoms. The molecular weight excluding hydrogens is 256 g/mol. The normalized spacial score (nSPS) is 11.1. The van der Waals surface area contributed by atoms with Crippen LogP contribution < -0.4 is 4.57 Å². The molecule has 0 amide bonds. The second-order valence-electron chi connectivity index (χ2n) is 3.67. The minimum atomic E-state index is -1.19. The van der Waals surface area contributed by atoms with E-state index >= 15 is 0 Å². The highest BCUT2D eigenvalue weighted by Crippen LogP contribution is 2.18. The first-order valence-corrected chi connectivity index (χ1v) is 7.20. The maximum atomic E-state index is 11.9. The van der Waals surface area contributed by atoms with Gasteiger partial charge >= 0.3 is 6.19 Å². The van der Waals surface area contributed by atoms with Gasteiger partial charge < -0.3 is 0 Å². The van der Waals surface area contributed by atoms with Crippen LogP contribution in [-0.4, -0.2) is 4.21 Å². The van der Waals surface area contributed by atoms with E-state index in [0.717, 1.165) is 10.9 Å². The standard InChI is InChI=1S/C13H11N2OS.C2H6/c1-10(2)17(16)12-5-6-13-11(8-12)4-3-7-15(13)9-14;1-2/h3-8H,1H2,2H3;1-2H3/q+1;. The van der Waals surface area contributed by atoms with Gasteiger partial charge in [0, 0.05) is 15.2 Å². The molecule has 4 heteroatoms. The van der Waals surface area contributed by atoms with E-state index in [0.29, 0.717) is 9.80 Å². The Bertz CT molecular complexity index is 671. The molecule has 1 heterocycles. The summed E-state index contributed by atoms with van der Waals surface area (Å²) >= 11 is 0. The maximum Gasteiger partial charge on any atom is 0.464 e. The first kappa shape index (κ1) is 15.1. The third kappa shape index (κ3) is 3.27. The number of aromatic nitrogens is 1. The van der Waals surface area contributed by atoms with E-state index in [9.17, 15) is 4.21 Å². The Labute approximate surface area is 116 Å². The molecule has 1 aromatic carbocycles. The summed E-state index contributed by atoms with van der Waals surface area (Å²) in [6.45, 7) is 9.42. The molecule has 3 nitrogen and oxygen atoms in total. The molecule has 0 aliphatic heterocycles. The van der Waals surface area contributed by atoms with Crippen LogP contribution in [0.25, 0.3) is 10.9 Å². The van der Waals surface area contributed by atoms with E-state index in [-0.39, 0.29) is 0 Å². The van der Waals surface area contributed by atoms with E-state index in [1.54, 1.807) is 31.3 Å². The van der Waals surface area contributed by atoms with Crippen molar-refractivity contribution in [2.45, 2.75) is 25.7 Å². The zero-order valence-corrected chi connectivity index (χ0v) is 12.2. The quantitative estimate of drug-likeness (QED) is 0.789. The summed E-state index contributed by atoms with van der Waals surface area (Å²) in [5.41, 5.74) is 0.803. The molecule has 0 fully saturated rings. The van der Waals surface area contributed by atoms with Crippen LogP contribution in [0.1, 0.15) is 20.8 Å². The fourth-order valence-electron chi connectivity index (χ4n) is 1.60. The number of pyridine rings is 1. The number of allylic oxidation sites excluding steroid dienone is 1. The lowest BCUT2D eigenvalue weighted by Gasteiger charge is -2.02. The minimum absolute atomic E-state index is 0.619. The fourth-order valence-corrected chi connectivity index (χ4v) is 2.43. The molecule has 0 radical (unpaired) electrons. The minimum Gasteiger partial charge on any atom is -0.249 e. The topological polar surface area (TPSA) is 44.7 Å². The number of hydrogen-bond donors (Lipinski definition) is 0. The summed E-state index contributed by atoms with van der Waals surface area (Å²) in [5.74, 6) is 0. The zero-order valence-electron chi connectivity index (χ0n) is 11.4. The highest BCUT2D eigenvalue weighted by atomic mass is 32.2. The van der Waals surface area contributed by atoms with Gasteiger partial charge in [-0.3, -0.25) is 0 Å². The highest BCUT2D eigenvalue weighted by Gasteiger charge is 2.09. The van der Waals surface area contributed by atoms with Crippen molar-refractivity contribution in [3.8, 4) is 6.19 Å². The van der Waals surface area contributed by atoms with Crippen LogP contribution in [0.3, 0.4) is 0 Å². The summed E-state index contributed by atoms with van der Waals surface area (Å²) < 4.78 is 13.4. The van der Waals surface area contributed by atoms with Gasteiger partial charge in [-0.25, -0.2) is 4.21 Å². The Balaban J connectivity index is 0.000000861. The van der Waals surface area contributed by atoms with Crippen LogP contribution in [0.15, 0.2) is 52.9 Å². The molecule has 2 aromatic rings. The molecule has 0 saturated carbocycles. The summed E-state index contributed by atoms with van der Waals surface area (Å²) in [4.78, 5) is 1.33. The van der Waals surface area contributed by atoms with Gasteiger partial charge in [0.15, 0.2) is 5.26 Å². The second-order valence-corrected chi connectivity index (χ2v) is 5.38. The first-order valence-electron chi connectivity index (χ1n) is 6.05. The SMILES string of the molecule is C=C(C)S(=O)c1ccc2c(ccc[n+]2C#N)c1.CC. The summed E-state index contributed by atoms with van der Waals surface area (Å²) in [6.07, 6.45) is 3.76. The third-order valence-electron chi connectivity index (χ3n) is 2.41. The number of fused-ring (bicyclic) bond motifs is 1. The molecule has 19 heavy (non-hydrogen) atoms. The lowest BCUT2D eigenvalue weighted by molar-refractivity contribution is -0.557. The summed E-state index contributed by atoms with van der Waals surface area (Å²) in [7, 11) is -1.19. The average Bonchev–Trinajstić information content (AvgIpc) is 2.47. The van der Waals surface area contributed by atoms with Crippen LogP contribution >= 0.6 is 0 Å². The lowest BCUT2D eigenvalue weighted by Crippen LogP contribution is -2.27. The van der Waals surface area contributed by atoms with Gasteiger partial charge in [-0.15, -0.1) is 4.57 Å². The van der Waals surface area contributed by atoms with Crippen LogP contribution in [0, 0.1) is 11.5 Å². The smallest absolute Gasteiger partial charge is 0.249 e. The molecule has 0 aliphatic carbocycles. The van der Waals surface area contributed by atoms with E-state index in [1.807, 2.05) is 26.0 Å². The molecule has 1 atom stereocenters. The van der Waals surface area contributed by atoms with Gasteiger partial charge in [0.1, 0.15) is 11.7 Å². The number of hydrogen-bond acceptors (Lipinski definition) is 2. The average molecular weight is 273 g/mol. The Hall–Kier alpha value is -1.99. The Morgan fingerprint density at radius 3 is 2.63 bits per heavy atom. The Kier molecular flexibility index (Phi) is 5.40. The van der Waals surface area contributed by atoms with Crippen molar-refractivity contribution in [1.29, 1.82) is 5.26 Å². The molecule has 0 aliphatic rings. The van der Waals surface area contributed by atoms with Crippen molar-refractivity contribution < 1.29 is 8.78 Å². The second kappa shape index (κ2) is 6.81. The molecule has 98 valence electrons. The molecule has 0 saturated heterocycles. The summed E-state index contributed by atoms with van der Waals surface area (Å²) in [6, 6.07) is 9.07. The van der Waals surface area contributed by atoms with E-state index in [4.69, 9.17) is 5.26 Å². The molecule has 1 unspecified atom stereocenters. The molecule has 1 aromatic heterocycles. The Morgan fingerprint density at radius 2 is 2.05 bits per heavy atom. The number of rotatable bonds is 2. The van der Waals surface area contributed by atoms with Gasteiger partial charge in [-0.1, -0.05) is 20.4 Å². The molecule has 0 bridgehead atoms. The van der Waals surface area contributed by atoms with Gasteiger partial charge in [-0.2, -0.15) is 0 Å². The first-order chi connectivity index (χ1) is 9.13. The number of nitriles is 1. The molecule has 2 rings (SSSR count). The van der Waals surface area contributed by atoms with Crippen LogP contribution in [-0.2, 0) is 10.8 Å². The fraction of sp³-hybridized carbons (Fsp3) is 0.200. The van der Waals surface area contributed by atoms with Crippen molar-refractivity contribution in [1.82, 2.24) is 0 Å². The largest absolute Gasteiger partial charge is 0.464 e. The van der Waals surface area contributed by atoms with Gasteiger partial charge in [0.2, 0.25) is 0 Å². The van der Waals surface area contributed by atoms with Gasteiger partial charge in [-0.05, 0) is 37.3 Å². The van der Waals surface area contributed by atoms with Crippen molar-refractivity contribution in [3.05, 3.63) is 48.0 Å². The number of benzene rings is 1. The molecular formula is C15H17N2OS+. The Morgan fingerprint density at radius 1 is 1.37 bits per heavy atom. The van der Waals surface area contributed by atoms with E-state index in [1.165, 1.54) is 4.57 Å². The predicted octanol–water partition coefficient (Wildman–Crippen LogP) is 3.12. The molecule has 0 N–H and O–H groups in total. The third-order valence-corrected chi connectivity index (χ3v) is 3.72. The maximum absolute atomic E-state index is 11.9. The van der Waals surface area contributed by atoms with Crippen molar-refractivity contribution in [2.75, 3.05) is 0 Å². The van der Waals surface area contributed by atoms with Crippen LogP contribution in [0.2, 0.25) is 0 Å². The van der Waals surface area contributed by atoms with Crippen LogP contribution in [0.5, 0.6) is 0 Å². The highest BCUT2D eigenvalue weighted by molar-refractivity contribution is 7.89. The van der Waals surface area contributed by atoms with Crippen LogP contribution in [0.4, 0.5) is 0 Å².